The number of hydrogen-bond acceptors (Lipinski definition) is 5. The number of nitrogens with one attached hydrogen (secondary N) is 1. The number of hydrogen-bond donors (Lipinski definition) is 1. The van der Waals surface area contributed by atoms with Crippen molar-refractivity contribution in [2.24, 2.45) is 5.92 Å². The number of aromatic nitrogens is 3. The smallest absolute Gasteiger partial charge is 0.279 e. The van der Waals surface area contributed by atoms with Gasteiger partial charge >= 0.3 is 0 Å². The zero-order valence-corrected chi connectivity index (χ0v) is 17.7. The van der Waals surface area contributed by atoms with Gasteiger partial charge in [-0.25, -0.2) is 4.68 Å². The van der Waals surface area contributed by atoms with Gasteiger partial charge in [-0.15, -0.1) is 16.4 Å². The van der Waals surface area contributed by atoms with E-state index in [1.54, 1.807) is 11.3 Å². The van der Waals surface area contributed by atoms with E-state index in [-0.39, 0.29) is 18.0 Å². The Morgan fingerprint density at radius 3 is 2.86 bits per heavy atom. The second-order valence-corrected chi connectivity index (χ2v) is 9.02. The van der Waals surface area contributed by atoms with Crippen LogP contribution in [0.25, 0.3) is 10.2 Å². The molecule has 0 unspecified atom stereocenters. The van der Waals surface area contributed by atoms with Crippen LogP contribution in [-0.4, -0.2) is 20.9 Å². The normalized spacial score (nSPS) is 16.0. The summed E-state index contributed by atoms with van der Waals surface area (Å²) in [7, 11) is 0. The van der Waals surface area contributed by atoms with E-state index in [0.29, 0.717) is 16.1 Å². The number of carbonyl (C=O) groups is 1. The van der Waals surface area contributed by atoms with Gasteiger partial charge in [-0.05, 0) is 61.3 Å². The highest BCUT2D eigenvalue weighted by Crippen LogP contribution is 2.35. The molecule has 1 aliphatic carbocycles. The molecule has 0 fully saturated rings. The average molecular weight is 411 g/mol. The lowest BCUT2D eigenvalue weighted by Gasteiger charge is -2.17. The highest BCUT2D eigenvalue weighted by atomic mass is 32.1. The number of fused-ring (bicyclic) bond motifs is 3. The lowest BCUT2D eigenvalue weighted by Crippen LogP contribution is -2.30. The second-order valence-electron chi connectivity index (χ2n) is 7.93. The second kappa shape index (κ2) is 8.45. The zero-order chi connectivity index (χ0) is 20.4. The molecule has 6 nitrogen and oxygen atoms in total. The summed E-state index contributed by atoms with van der Waals surface area (Å²) in [4.78, 5) is 27.4. The van der Waals surface area contributed by atoms with Gasteiger partial charge in [0, 0.05) is 10.6 Å². The fourth-order valence-corrected chi connectivity index (χ4v) is 5.19. The van der Waals surface area contributed by atoms with Gasteiger partial charge in [0.15, 0.2) is 4.83 Å². The summed E-state index contributed by atoms with van der Waals surface area (Å²) < 4.78 is 1.18. The standard InChI is InChI=1S/C22H26N4O2S/c1-3-4-5-15-7-9-16(10-8-15)23-19(27)13-26-22(28)20-17-11-6-14(2)12-18(17)29-21(20)24-25-26/h7-10,14H,3-6,11-13H2,1-2H3,(H,23,27)/t14-/m1/s1. The topological polar surface area (TPSA) is 76.9 Å². The predicted molar refractivity (Wildman–Crippen MR) is 117 cm³/mol. The van der Waals surface area contributed by atoms with Crippen molar-refractivity contribution in [3.05, 3.63) is 50.6 Å². The molecule has 1 amide bonds. The van der Waals surface area contributed by atoms with Crippen molar-refractivity contribution in [1.29, 1.82) is 0 Å². The molecule has 0 spiro atoms. The third-order valence-corrected chi connectivity index (χ3v) is 6.67. The molecule has 0 aliphatic heterocycles. The van der Waals surface area contributed by atoms with Gasteiger partial charge in [-0.1, -0.05) is 37.6 Å². The SMILES string of the molecule is CCCCc1ccc(NC(=O)Cn2nnc3sc4c(c3c2=O)CC[C@@H](C)C4)cc1. The highest BCUT2D eigenvalue weighted by Gasteiger charge is 2.24. The molecule has 4 rings (SSSR count). The summed E-state index contributed by atoms with van der Waals surface area (Å²) in [5, 5.41) is 11.7. The number of amides is 1. The van der Waals surface area contributed by atoms with E-state index in [1.807, 2.05) is 24.3 Å². The maximum atomic E-state index is 13.0. The third-order valence-electron chi connectivity index (χ3n) is 5.53. The average Bonchev–Trinajstić information content (AvgIpc) is 3.07. The summed E-state index contributed by atoms with van der Waals surface area (Å²) in [6.07, 6.45) is 6.32. The summed E-state index contributed by atoms with van der Waals surface area (Å²) in [6.45, 7) is 4.27. The quantitative estimate of drug-likeness (QED) is 0.667. The maximum Gasteiger partial charge on any atom is 0.279 e. The van der Waals surface area contributed by atoms with Crippen LogP contribution in [0.3, 0.4) is 0 Å². The predicted octanol–water partition coefficient (Wildman–Crippen LogP) is 3.96. The van der Waals surface area contributed by atoms with Gasteiger partial charge in [0.05, 0.1) is 5.39 Å². The number of nitrogens with zero attached hydrogens (tertiary/aromatic N) is 3. The Morgan fingerprint density at radius 2 is 2.10 bits per heavy atom. The highest BCUT2D eigenvalue weighted by molar-refractivity contribution is 7.18. The molecular formula is C22H26N4O2S. The summed E-state index contributed by atoms with van der Waals surface area (Å²) >= 11 is 1.57. The van der Waals surface area contributed by atoms with Crippen LogP contribution < -0.4 is 10.9 Å². The number of carbonyl (C=O) groups excluding carboxylic acids is 1. The monoisotopic (exact) mass is 410 g/mol. The fraction of sp³-hybridized carbons (Fsp3) is 0.455. The molecule has 0 radical (unpaired) electrons. The molecule has 0 bridgehead atoms. The van der Waals surface area contributed by atoms with E-state index in [4.69, 9.17) is 0 Å². The minimum Gasteiger partial charge on any atom is -0.324 e. The van der Waals surface area contributed by atoms with Crippen molar-refractivity contribution < 1.29 is 4.79 Å². The van der Waals surface area contributed by atoms with Gasteiger partial charge in [-0.3, -0.25) is 9.59 Å². The zero-order valence-electron chi connectivity index (χ0n) is 16.9. The molecule has 2 heterocycles. The Bertz CT molecular complexity index is 1080. The molecule has 0 saturated heterocycles. The van der Waals surface area contributed by atoms with Gasteiger partial charge in [-0.2, -0.15) is 0 Å². The van der Waals surface area contributed by atoms with Crippen LogP contribution in [-0.2, 0) is 30.6 Å². The first-order valence-electron chi connectivity index (χ1n) is 10.3. The van der Waals surface area contributed by atoms with Crippen LogP contribution in [0.2, 0.25) is 0 Å². The molecule has 1 aliphatic rings. The van der Waals surface area contributed by atoms with Gasteiger partial charge < -0.3 is 5.32 Å². The Labute approximate surface area is 173 Å². The Morgan fingerprint density at radius 1 is 1.31 bits per heavy atom. The van der Waals surface area contributed by atoms with Crippen molar-refractivity contribution >= 4 is 33.1 Å². The van der Waals surface area contributed by atoms with Gasteiger partial charge in [0.2, 0.25) is 5.91 Å². The van der Waals surface area contributed by atoms with Crippen LogP contribution in [0.1, 0.15) is 49.1 Å². The van der Waals surface area contributed by atoms with E-state index in [2.05, 4.69) is 29.5 Å². The summed E-state index contributed by atoms with van der Waals surface area (Å²) in [5.41, 5.74) is 2.88. The Hall–Kier alpha value is -2.54. The number of thiophene rings is 1. The molecule has 7 heteroatoms. The molecule has 1 atom stereocenters. The molecule has 0 saturated carbocycles. The Kier molecular flexibility index (Phi) is 5.76. The van der Waals surface area contributed by atoms with Crippen molar-refractivity contribution in [1.82, 2.24) is 15.0 Å². The fourth-order valence-electron chi connectivity index (χ4n) is 3.87. The van der Waals surface area contributed by atoms with Crippen molar-refractivity contribution in [2.45, 2.75) is 58.9 Å². The van der Waals surface area contributed by atoms with Crippen LogP contribution in [0.4, 0.5) is 5.69 Å². The lowest BCUT2D eigenvalue weighted by molar-refractivity contribution is -0.117. The first-order chi connectivity index (χ1) is 14.0. The van der Waals surface area contributed by atoms with Crippen LogP contribution in [0.5, 0.6) is 0 Å². The molecule has 1 N–H and O–H groups in total. The largest absolute Gasteiger partial charge is 0.324 e. The van der Waals surface area contributed by atoms with E-state index < -0.39 is 0 Å². The Balaban J connectivity index is 1.49. The lowest BCUT2D eigenvalue weighted by atomic mass is 9.89. The van der Waals surface area contributed by atoms with Crippen LogP contribution in [0.15, 0.2) is 29.1 Å². The molecule has 3 aromatic rings. The molecule has 2 aromatic heterocycles. The van der Waals surface area contributed by atoms with Crippen LogP contribution >= 0.6 is 11.3 Å². The number of rotatable bonds is 6. The van der Waals surface area contributed by atoms with Crippen molar-refractivity contribution in [3.63, 3.8) is 0 Å². The molecule has 29 heavy (non-hydrogen) atoms. The van der Waals surface area contributed by atoms with Crippen LogP contribution in [0, 0.1) is 5.92 Å². The van der Waals surface area contributed by atoms with E-state index >= 15 is 0 Å². The maximum absolute atomic E-state index is 13.0. The van der Waals surface area contributed by atoms with E-state index in [1.165, 1.54) is 15.1 Å². The van der Waals surface area contributed by atoms with Crippen molar-refractivity contribution in [3.8, 4) is 0 Å². The minimum absolute atomic E-state index is 0.139. The molecular weight excluding hydrogens is 384 g/mol. The number of benzene rings is 1. The first-order valence-corrected chi connectivity index (χ1v) is 11.1. The summed E-state index contributed by atoms with van der Waals surface area (Å²) in [6, 6.07) is 7.86. The minimum atomic E-state index is -0.278. The van der Waals surface area contributed by atoms with E-state index in [0.717, 1.165) is 49.8 Å². The van der Waals surface area contributed by atoms with Gasteiger partial charge in [0.25, 0.3) is 5.56 Å². The number of anilines is 1. The van der Waals surface area contributed by atoms with Gasteiger partial charge in [0.1, 0.15) is 6.54 Å². The third kappa shape index (κ3) is 4.24. The molecule has 1 aromatic carbocycles. The first kappa shape index (κ1) is 19.8. The van der Waals surface area contributed by atoms with Crippen molar-refractivity contribution in [2.75, 3.05) is 5.32 Å². The summed E-state index contributed by atoms with van der Waals surface area (Å²) in [5.74, 6) is 0.352. The molecule has 152 valence electrons. The number of aryl methyl sites for hydroxylation is 2. The van der Waals surface area contributed by atoms with E-state index in [9.17, 15) is 9.59 Å². The number of unbranched alkanes of at least 4 members (excludes halogenated alkanes) is 1.